The van der Waals surface area contributed by atoms with Crippen LogP contribution in [0.2, 0.25) is 10.0 Å². The summed E-state index contributed by atoms with van der Waals surface area (Å²) in [6.07, 6.45) is 5.09. The van der Waals surface area contributed by atoms with Crippen LogP contribution in [0, 0.1) is 12.3 Å². The lowest BCUT2D eigenvalue weighted by Crippen LogP contribution is -2.13. The summed E-state index contributed by atoms with van der Waals surface area (Å²) < 4.78 is 0. The van der Waals surface area contributed by atoms with Gasteiger partial charge in [-0.15, -0.1) is 18.8 Å². The summed E-state index contributed by atoms with van der Waals surface area (Å²) in [5.74, 6) is 2.48. The van der Waals surface area contributed by atoms with Crippen molar-refractivity contribution in [3.8, 4) is 12.3 Å². The fraction of sp³-hybridized carbons (Fsp3) is 0.200. The number of halogens is 3. The molecule has 0 aliphatic carbocycles. The van der Waals surface area contributed by atoms with Crippen LogP contribution in [0.1, 0.15) is 5.56 Å². The Morgan fingerprint density at radius 2 is 1.86 bits per heavy atom. The van der Waals surface area contributed by atoms with Crippen LogP contribution in [-0.2, 0) is 6.54 Å². The third-order valence-corrected chi connectivity index (χ3v) is 2.30. The van der Waals surface area contributed by atoms with Gasteiger partial charge in [0, 0.05) is 22.2 Å². The maximum atomic E-state index is 5.93. The van der Waals surface area contributed by atoms with E-state index in [9.17, 15) is 0 Å². The fourth-order valence-electron chi connectivity index (χ4n) is 0.961. The minimum atomic E-state index is 0. The van der Waals surface area contributed by atoms with Gasteiger partial charge >= 0.3 is 0 Å². The Balaban J connectivity index is 0.00000169. The monoisotopic (exact) mass is 249 g/mol. The second kappa shape index (κ2) is 6.98. The zero-order chi connectivity index (χ0) is 9.68. The topological polar surface area (TPSA) is 12.0 Å². The third kappa shape index (κ3) is 3.77. The van der Waals surface area contributed by atoms with Crippen LogP contribution in [0.25, 0.3) is 0 Å². The molecule has 1 aromatic carbocycles. The highest BCUT2D eigenvalue weighted by Crippen LogP contribution is 2.23. The number of benzene rings is 1. The maximum Gasteiger partial charge on any atom is 0.0576 e. The Hall–Kier alpha value is -0.390. The molecule has 0 aliphatic heterocycles. The van der Waals surface area contributed by atoms with E-state index in [0.29, 0.717) is 23.1 Å². The molecule has 0 saturated heterocycles. The van der Waals surface area contributed by atoms with E-state index in [1.54, 1.807) is 12.1 Å². The Labute approximate surface area is 100 Å². The molecule has 4 heteroatoms. The summed E-state index contributed by atoms with van der Waals surface area (Å²) >= 11 is 11.9. The summed E-state index contributed by atoms with van der Waals surface area (Å²) in [5.41, 5.74) is 0.890. The highest BCUT2D eigenvalue weighted by Gasteiger charge is 2.03. The predicted molar refractivity (Wildman–Crippen MR) is 64.2 cm³/mol. The van der Waals surface area contributed by atoms with E-state index in [4.69, 9.17) is 29.6 Å². The van der Waals surface area contributed by atoms with Crippen molar-refractivity contribution in [1.82, 2.24) is 5.32 Å². The van der Waals surface area contributed by atoms with E-state index < -0.39 is 0 Å². The van der Waals surface area contributed by atoms with Crippen molar-refractivity contribution in [2.24, 2.45) is 0 Å². The van der Waals surface area contributed by atoms with Gasteiger partial charge in [-0.3, -0.25) is 0 Å². The highest BCUT2D eigenvalue weighted by atomic mass is 35.5. The largest absolute Gasteiger partial charge is 0.302 e. The smallest absolute Gasteiger partial charge is 0.0576 e. The fourth-order valence-corrected chi connectivity index (χ4v) is 1.49. The first-order valence-electron chi connectivity index (χ1n) is 3.82. The normalized spacial score (nSPS) is 8.93. The van der Waals surface area contributed by atoms with Gasteiger partial charge in [-0.25, -0.2) is 0 Å². The molecular weight excluding hydrogens is 240 g/mol. The molecule has 1 rings (SSSR count). The van der Waals surface area contributed by atoms with Gasteiger partial charge in [-0.1, -0.05) is 35.2 Å². The van der Waals surface area contributed by atoms with Gasteiger partial charge in [0.25, 0.3) is 0 Å². The van der Waals surface area contributed by atoms with E-state index in [1.165, 1.54) is 0 Å². The van der Waals surface area contributed by atoms with E-state index in [0.717, 1.165) is 5.56 Å². The molecule has 1 aromatic rings. The van der Waals surface area contributed by atoms with Crippen LogP contribution in [0.4, 0.5) is 0 Å². The summed E-state index contributed by atoms with van der Waals surface area (Å²) in [6, 6.07) is 5.43. The van der Waals surface area contributed by atoms with Crippen LogP contribution in [0.5, 0.6) is 0 Å². The SMILES string of the molecule is C#CCNCc1c(Cl)cccc1Cl.Cl. The summed E-state index contributed by atoms with van der Waals surface area (Å²) in [4.78, 5) is 0. The van der Waals surface area contributed by atoms with E-state index in [-0.39, 0.29) is 12.4 Å². The average Bonchev–Trinajstić information content (AvgIpc) is 2.10. The van der Waals surface area contributed by atoms with Crippen molar-refractivity contribution >= 4 is 35.6 Å². The molecule has 1 N–H and O–H groups in total. The number of rotatable bonds is 3. The van der Waals surface area contributed by atoms with E-state index >= 15 is 0 Å². The van der Waals surface area contributed by atoms with Crippen molar-refractivity contribution in [2.75, 3.05) is 6.54 Å². The van der Waals surface area contributed by atoms with Gasteiger partial charge < -0.3 is 5.32 Å². The lowest BCUT2D eigenvalue weighted by atomic mass is 10.2. The Kier molecular flexibility index (Phi) is 6.78. The quantitative estimate of drug-likeness (QED) is 0.642. The Bertz CT molecular complexity index is 310. The standard InChI is InChI=1S/C10H9Cl2N.ClH/c1-2-6-13-7-8-9(11)4-3-5-10(8)12;/h1,3-5,13H,6-7H2;1H. The minimum Gasteiger partial charge on any atom is -0.302 e. The zero-order valence-corrected chi connectivity index (χ0v) is 9.72. The molecule has 1 nitrogen and oxygen atoms in total. The zero-order valence-electron chi connectivity index (χ0n) is 7.39. The van der Waals surface area contributed by atoms with Crippen LogP contribution < -0.4 is 5.32 Å². The van der Waals surface area contributed by atoms with Crippen molar-refractivity contribution in [3.63, 3.8) is 0 Å². The highest BCUT2D eigenvalue weighted by molar-refractivity contribution is 6.35. The second-order valence-corrected chi connectivity index (χ2v) is 3.32. The van der Waals surface area contributed by atoms with Gasteiger partial charge in [0.05, 0.1) is 6.54 Å². The summed E-state index contributed by atoms with van der Waals surface area (Å²) in [6.45, 7) is 1.12. The molecule has 76 valence electrons. The molecular formula is C10H10Cl3N. The molecule has 0 unspecified atom stereocenters. The summed E-state index contributed by atoms with van der Waals surface area (Å²) in [5, 5.41) is 4.36. The molecule has 0 aliphatic rings. The molecule has 0 saturated carbocycles. The minimum absolute atomic E-state index is 0. The van der Waals surface area contributed by atoms with Crippen LogP contribution in [0.3, 0.4) is 0 Å². The average molecular weight is 251 g/mol. The molecule has 0 aromatic heterocycles. The first-order chi connectivity index (χ1) is 6.25. The molecule has 0 atom stereocenters. The van der Waals surface area contributed by atoms with E-state index in [1.807, 2.05) is 6.07 Å². The van der Waals surface area contributed by atoms with Gasteiger partial charge in [0.2, 0.25) is 0 Å². The van der Waals surface area contributed by atoms with Crippen molar-refractivity contribution in [3.05, 3.63) is 33.8 Å². The Morgan fingerprint density at radius 1 is 1.29 bits per heavy atom. The van der Waals surface area contributed by atoms with Gasteiger partial charge in [-0.2, -0.15) is 0 Å². The molecule has 0 bridgehead atoms. The number of hydrogen-bond acceptors (Lipinski definition) is 1. The first kappa shape index (κ1) is 13.6. The van der Waals surface area contributed by atoms with Gasteiger partial charge in [-0.05, 0) is 12.1 Å². The molecule has 14 heavy (non-hydrogen) atoms. The number of terminal acetylenes is 1. The number of hydrogen-bond donors (Lipinski definition) is 1. The van der Waals surface area contributed by atoms with Crippen LogP contribution in [0.15, 0.2) is 18.2 Å². The maximum absolute atomic E-state index is 5.93. The van der Waals surface area contributed by atoms with Crippen LogP contribution >= 0.6 is 35.6 Å². The van der Waals surface area contributed by atoms with Gasteiger partial charge in [0.15, 0.2) is 0 Å². The molecule has 0 spiro atoms. The second-order valence-electron chi connectivity index (χ2n) is 2.51. The lowest BCUT2D eigenvalue weighted by molar-refractivity contribution is 0.771. The van der Waals surface area contributed by atoms with Crippen molar-refractivity contribution < 1.29 is 0 Å². The molecule has 0 fully saturated rings. The van der Waals surface area contributed by atoms with E-state index in [2.05, 4.69) is 11.2 Å². The third-order valence-electron chi connectivity index (χ3n) is 1.59. The lowest BCUT2D eigenvalue weighted by Gasteiger charge is -2.05. The molecule has 0 amide bonds. The molecule has 0 heterocycles. The van der Waals surface area contributed by atoms with Crippen molar-refractivity contribution in [1.29, 1.82) is 0 Å². The molecule has 0 radical (unpaired) electrons. The van der Waals surface area contributed by atoms with Crippen molar-refractivity contribution in [2.45, 2.75) is 6.54 Å². The van der Waals surface area contributed by atoms with Gasteiger partial charge in [0.1, 0.15) is 0 Å². The summed E-state index contributed by atoms with van der Waals surface area (Å²) in [7, 11) is 0. The Morgan fingerprint density at radius 3 is 2.36 bits per heavy atom. The first-order valence-corrected chi connectivity index (χ1v) is 4.58. The predicted octanol–water partition coefficient (Wildman–Crippen LogP) is 3.14. The number of nitrogens with one attached hydrogen (secondary N) is 1. The van der Waals surface area contributed by atoms with Crippen LogP contribution in [-0.4, -0.2) is 6.54 Å².